The van der Waals surface area contributed by atoms with Crippen LogP contribution in [-0.2, 0) is 38.7 Å². The van der Waals surface area contributed by atoms with E-state index in [1.54, 1.807) is 6.92 Å². The van der Waals surface area contributed by atoms with E-state index >= 15 is 0 Å². The minimum atomic E-state index is -4.18. The maximum atomic E-state index is 12.7. The zero-order valence-electron chi connectivity index (χ0n) is 18.5. The molecule has 0 rings (SSSR count). The second-order valence-electron chi connectivity index (χ2n) is 6.52. The van der Waals surface area contributed by atoms with Gasteiger partial charge in [0.05, 0.1) is 12.4 Å². The molecule has 0 aliphatic carbocycles. The minimum Gasteiger partial charge on any atom is -1.00 e. The summed E-state index contributed by atoms with van der Waals surface area (Å²) in [5.41, 5.74) is -1.21. The number of hydrogen-bond acceptors (Lipinski definition) is 8. The van der Waals surface area contributed by atoms with Crippen LogP contribution in [0, 0.1) is 5.41 Å². The third-order valence-electron chi connectivity index (χ3n) is 3.60. The molecule has 0 unspecified atom stereocenters. The van der Waals surface area contributed by atoms with Crippen molar-refractivity contribution in [1.29, 1.82) is 0 Å². The minimum absolute atomic E-state index is 0. The van der Waals surface area contributed by atoms with Crippen molar-refractivity contribution in [2.24, 2.45) is 5.41 Å². The summed E-state index contributed by atoms with van der Waals surface area (Å²) < 4.78 is 45.5. The Bertz CT molecular complexity index is 689. The van der Waals surface area contributed by atoms with Crippen molar-refractivity contribution < 1.29 is 72.5 Å². The average molecular weight is 444 g/mol. The quantitative estimate of drug-likeness (QED) is 0.0943. The predicted octanol–water partition coefficient (Wildman–Crippen LogP) is -1.05. The molecule has 0 saturated carbocycles. The van der Waals surface area contributed by atoms with Crippen LogP contribution in [0.15, 0.2) is 24.3 Å². The van der Waals surface area contributed by atoms with Gasteiger partial charge in [-0.15, -0.1) is 0 Å². The third kappa shape index (κ3) is 12.2. The van der Waals surface area contributed by atoms with Crippen LogP contribution in [0.25, 0.3) is 0 Å². The monoisotopic (exact) mass is 444 g/mol. The zero-order valence-corrected chi connectivity index (χ0v) is 20.3. The van der Waals surface area contributed by atoms with E-state index in [2.05, 4.69) is 13.2 Å². The number of carbonyl (C=O) groups is 3. The van der Waals surface area contributed by atoms with E-state index in [9.17, 15) is 22.8 Å². The first-order valence-corrected chi connectivity index (χ1v) is 10.2. The molecule has 0 radical (unpaired) electrons. The molecule has 11 heteroatoms. The molecular formula is C18H29NaO9S. The van der Waals surface area contributed by atoms with Crippen LogP contribution in [-0.4, -0.2) is 56.5 Å². The van der Waals surface area contributed by atoms with Crippen LogP contribution in [0.1, 0.15) is 41.5 Å². The topological polar surface area (TPSA) is 133 Å². The van der Waals surface area contributed by atoms with E-state index in [-0.39, 0.29) is 61.6 Å². The van der Waals surface area contributed by atoms with Crippen LogP contribution >= 0.6 is 0 Å². The summed E-state index contributed by atoms with van der Waals surface area (Å²) in [7, 11) is -4.18. The van der Waals surface area contributed by atoms with E-state index in [1.165, 1.54) is 13.8 Å². The molecule has 0 aromatic rings. The number of carbonyl (C=O) groups excluding carboxylic acids is 3. The smallest absolute Gasteiger partial charge is 1.00 e. The number of ether oxygens (including phenoxy) is 3. The van der Waals surface area contributed by atoms with Crippen molar-refractivity contribution in [2.75, 3.05) is 25.6 Å². The summed E-state index contributed by atoms with van der Waals surface area (Å²) in [5, 5.41) is 0. The summed E-state index contributed by atoms with van der Waals surface area (Å²) in [5.74, 6) is -2.82. The Balaban J connectivity index is -0.00000364. The summed E-state index contributed by atoms with van der Waals surface area (Å²) in [4.78, 5) is 36.2. The molecule has 0 aliphatic rings. The molecule has 162 valence electrons. The third-order valence-corrected chi connectivity index (χ3v) is 4.40. The molecule has 0 spiro atoms. The molecule has 0 aromatic carbocycles. The number of rotatable bonds is 13. The van der Waals surface area contributed by atoms with E-state index < -0.39 is 52.4 Å². The Morgan fingerprint density at radius 2 is 1.45 bits per heavy atom. The van der Waals surface area contributed by atoms with E-state index in [4.69, 9.17) is 18.8 Å². The molecule has 0 saturated heterocycles. The van der Waals surface area contributed by atoms with E-state index in [0.717, 1.165) is 0 Å². The van der Waals surface area contributed by atoms with Gasteiger partial charge in [-0.2, -0.15) is 8.42 Å². The first-order chi connectivity index (χ1) is 12.8. The molecule has 29 heavy (non-hydrogen) atoms. The average Bonchev–Trinajstić information content (AvgIpc) is 2.59. The molecule has 0 aromatic heterocycles. The van der Waals surface area contributed by atoms with Gasteiger partial charge in [0.1, 0.15) is 18.6 Å². The van der Waals surface area contributed by atoms with Gasteiger partial charge in [-0.3, -0.25) is 9.35 Å². The normalized spacial score (nSPS) is 11.0. The van der Waals surface area contributed by atoms with Crippen LogP contribution in [0.3, 0.4) is 0 Å². The van der Waals surface area contributed by atoms with Gasteiger partial charge in [-0.25, -0.2) is 9.59 Å². The van der Waals surface area contributed by atoms with Crippen LogP contribution in [0.4, 0.5) is 0 Å². The molecule has 0 amide bonds. The van der Waals surface area contributed by atoms with Gasteiger partial charge in [0.2, 0.25) is 0 Å². The number of hydrogen-bond donors (Lipinski definition) is 1. The Kier molecular flexibility index (Phi) is 14.4. The SMILES string of the molecule is C=C(C)C(=O)OCC(CCC)(COC(=O)C(=C)C)C(=O)OCCCS(=O)(=O)O.[H-].[Na+]. The van der Waals surface area contributed by atoms with Gasteiger partial charge >= 0.3 is 47.5 Å². The summed E-state index contributed by atoms with van der Waals surface area (Å²) in [6.45, 7) is 10.5. The van der Waals surface area contributed by atoms with Crippen molar-refractivity contribution >= 4 is 28.0 Å². The Hall–Kier alpha value is -1.20. The molecule has 0 heterocycles. The first kappa shape index (κ1) is 30.0. The van der Waals surface area contributed by atoms with Crippen molar-refractivity contribution in [3.63, 3.8) is 0 Å². The van der Waals surface area contributed by atoms with Gasteiger partial charge < -0.3 is 15.6 Å². The molecular weight excluding hydrogens is 415 g/mol. The van der Waals surface area contributed by atoms with Crippen molar-refractivity contribution in [3.8, 4) is 0 Å². The van der Waals surface area contributed by atoms with Gasteiger partial charge in [0.25, 0.3) is 10.1 Å². The largest absolute Gasteiger partial charge is 1.00 e. The summed E-state index contributed by atoms with van der Waals surface area (Å²) in [6.07, 6.45) is 0.538. The Morgan fingerprint density at radius 3 is 1.79 bits per heavy atom. The van der Waals surface area contributed by atoms with Crippen molar-refractivity contribution in [2.45, 2.75) is 40.0 Å². The molecule has 0 fully saturated rings. The van der Waals surface area contributed by atoms with Crippen LogP contribution in [0.2, 0.25) is 0 Å². The predicted molar refractivity (Wildman–Crippen MR) is 102 cm³/mol. The summed E-state index contributed by atoms with van der Waals surface area (Å²) >= 11 is 0. The molecule has 0 atom stereocenters. The Morgan fingerprint density at radius 1 is 1.00 bits per heavy atom. The molecule has 0 bridgehead atoms. The fourth-order valence-corrected chi connectivity index (χ4v) is 2.58. The van der Waals surface area contributed by atoms with Gasteiger partial charge in [-0.1, -0.05) is 26.5 Å². The van der Waals surface area contributed by atoms with Crippen molar-refractivity contribution in [3.05, 3.63) is 24.3 Å². The van der Waals surface area contributed by atoms with E-state index in [1.807, 2.05) is 0 Å². The Labute approximate surface area is 195 Å². The van der Waals surface area contributed by atoms with Crippen LogP contribution < -0.4 is 29.6 Å². The molecule has 0 aliphatic heterocycles. The van der Waals surface area contributed by atoms with Gasteiger partial charge in [0.15, 0.2) is 0 Å². The molecule has 9 nitrogen and oxygen atoms in total. The fraction of sp³-hybridized carbons (Fsp3) is 0.611. The second-order valence-corrected chi connectivity index (χ2v) is 8.09. The van der Waals surface area contributed by atoms with Gasteiger partial charge in [-0.05, 0) is 26.7 Å². The molecule has 1 N–H and O–H groups in total. The second kappa shape index (κ2) is 13.9. The standard InChI is InChI=1S/C18H28O9S.Na.H/c1-6-8-18(11-26-15(19)13(2)3,12-27-16(20)14(4)5)17(21)25-9-7-10-28(22,23)24;;/h2,4,6-12H2,1,3,5H3,(H,22,23,24);;/q;+1;-1. The first-order valence-electron chi connectivity index (χ1n) is 8.62. The maximum absolute atomic E-state index is 12.7. The van der Waals surface area contributed by atoms with E-state index in [0.29, 0.717) is 6.42 Å². The van der Waals surface area contributed by atoms with Gasteiger partial charge in [0, 0.05) is 11.1 Å². The maximum Gasteiger partial charge on any atom is 1.00 e. The zero-order chi connectivity index (χ0) is 22.0. The summed E-state index contributed by atoms with van der Waals surface area (Å²) in [6, 6.07) is 0. The van der Waals surface area contributed by atoms with Crippen molar-refractivity contribution in [1.82, 2.24) is 0 Å². The fourth-order valence-electron chi connectivity index (χ4n) is 2.10. The number of esters is 3. The van der Waals surface area contributed by atoms with Crippen LogP contribution in [0.5, 0.6) is 0 Å².